The number of para-hydroxylation sites is 1. The molecule has 0 unspecified atom stereocenters. The number of carbonyl (C=O) groups excluding carboxylic acids is 1. The lowest BCUT2D eigenvalue weighted by Crippen LogP contribution is -3.12. The number of aryl methyl sites for hydroxylation is 1. The van der Waals surface area contributed by atoms with Gasteiger partial charge < -0.3 is 19.1 Å². The highest BCUT2D eigenvalue weighted by molar-refractivity contribution is 5.76. The Balaban J connectivity index is 1.52. The third-order valence-corrected chi connectivity index (χ3v) is 4.65. The second-order valence-corrected chi connectivity index (χ2v) is 6.63. The van der Waals surface area contributed by atoms with Crippen LogP contribution in [0.5, 0.6) is 5.75 Å². The zero-order chi connectivity index (χ0) is 18.4. The Morgan fingerprint density at radius 1 is 1.31 bits per heavy atom. The van der Waals surface area contributed by atoms with Crippen LogP contribution in [0.1, 0.15) is 25.7 Å². The summed E-state index contributed by atoms with van der Waals surface area (Å²) in [6.07, 6.45) is 1.84. The van der Waals surface area contributed by atoms with Crippen LogP contribution in [0.15, 0.2) is 28.8 Å². The first kappa shape index (κ1) is 18.4. The maximum atomic E-state index is 12.3. The van der Waals surface area contributed by atoms with Gasteiger partial charge in [-0.1, -0.05) is 17.3 Å². The number of nitrogens with one attached hydrogen (secondary N) is 1. The van der Waals surface area contributed by atoms with Crippen LogP contribution in [-0.4, -0.2) is 60.8 Å². The summed E-state index contributed by atoms with van der Waals surface area (Å²) in [6, 6.07) is 7.65. The van der Waals surface area contributed by atoms with Gasteiger partial charge in [0.15, 0.2) is 0 Å². The lowest BCUT2D eigenvalue weighted by atomic mass is 10.2. The average molecular weight is 359 g/mol. The molecule has 0 radical (unpaired) electrons. The molecule has 2 aromatic rings. The highest BCUT2D eigenvalue weighted by Crippen LogP contribution is 2.27. The fourth-order valence-electron chi connectivity index (χ4n) is 3.09. The van der Waals surface area contributed by atoms with Gasteiger partial charge in [0.05, 0.1) is 45.4 Å². The smallest absolute Gasteiger partial charge is 0.226 e. The van der Waals surface area contributed by atoms with E-state index < -0.39 is 0 Å². The lowest BCUT2D eigenvalue weighted by Gasteiger charge is -2.30. The molecule has 0 atom stereocenters. The van der Waals surface area contributed by atoms with Gasteiger partial charge in [-0.05, 0) is 25.5 Å². The van der Waals surface area contributed by atoms with Crippen LogP contribution in [0.25, 0.3) is 11.4 Å². The van der Waals surface area contributed by atoms with Crippen molar-refractivity contribution >= 4 is 5.91 Å². The van der Waals surface area contributed by atoms with Gasteiger partial charge in [-0.2, -0.15) is 4.98 Å². The molecule has 0 saturated carbocycles. The number of benzene rings is 1. The van der Waals surface area contributed by atoms with Crippen LogP contribution in [0.4, 0.5) is 0 Å². The molecule has 7 nitrogen and oxygen atoms in total. The van der Waals surface area contributed by atoms with Gasteiger partial charge in [0.1, 0.15) is 5.75 Å². The fourth-order valence-corrected chi connectivity index (χ4v) is 3.09. The molecule has 26 heavy (non-hydrogen) atoms. The minimum absolute atomic E-state index is 0.221. The number of likely N-dealkylation sites (N-methyl/N-ethyl adjacent to an activating group) is 1. The van der Waals surface area contributed by atoms with Crippen LogP contribution in [-0.2, 0) is 11.2 Å². The molecule has 1 aliphatic heterocycles. The standard InChI is InChI=1S/C19H26N4O3/c1-3-25-16-8-5-4-7-15(16)19-20-17(26-21-19)9-6-10-18(24)23-13-11-22(2)12-14-23/h4-5,7-8H,3,6,9-14H2,1-2H3/p+1. The number of piperazine rings is 1. The van der Waals surface area contributed by atoms with Gasteiger partial charge >= 0.3 is 0 Å². The van der Waals surface area contributed by atoms with Crippen LogP contribution in [0.3, 0.4) is 0 Å². The van der Waals surface area contributed by atoms with Gasteiger partial charge in [-0.15, -0.1) is 0 Å². The summed E-state index contributed by atoms with van der Waals surface area (Å²) < 4.78 is 11.0. The van der Waals surface area contributed by atoms with Crippen molar-refractivity contribution in [2.24, 2.45) is 0 Å². The van der Waals surface area contributed by atoms with Crippen LogP contribution >= 0.6 is 0 Å². The van der Waals surface area contributed by atoms with E-state index in [0.29, 0.717) is 37.6 Å². The van der Waals surface area contributed by atoms with E-state index in [0.717, 1.165) is 37.5 Å². The number of hydrogen-bond donors (Lipinski definition) is 1. The first-order valence-corrected chi connectivity index (χ1v) is 9.31. The van der Waals surface area contributed by atoms with Crippen molar-refractivity contribution in [2.75, 3.05) is 39.8 Å². The topological polar surface area (TPSA) is 72.9 Å². The molecule has 1 amide bonds. The third-order valence-electron chi connectivity index (χ3n) is 4.65. The van der Waals surface area contributed by atoms with E-state index in [-0.39, 0.29) is 5.91 Å². The summed E-state index contributed by atoms with van der Waals surface area (Å²) in [5.74, 6) is 2.05. The number of hydrogen-bond acceptors (Lipinski definition) is 5. The lowest BCUT2D eigenvalue weighted by molar-refractivity contribution is -0.883. The summed E-state index contributed by atoms with van der Waals surface area (Å²) >= 11 is 0. The maximum Gasteiger partial charge on any atom is 0.226 e. The second-order valence-electron chi connectivity index (χ2n) is 6.63. The molecular weight excluding hydrogens is 332 g/mol. The summed E-state index contributed by atoms with van der Waals surface area (Å²) in [4.78, 5) is 20.2. The van der Waals surface area contributed by atoms with Crippen molar-refractivity contribution in [3.05, 3.63) is 30.2 Å². The van der Waals surface area contributed by atoms with E-state index in [2.05, 4.69) is 17.2 Å². The Hall–Kier alpha value is -2.41. The highest BCUT2D eigenvalue weighted by Gasteiger charge is 2.21. The molecule has 0 spiro atoms. The Morgan fingerprint density at radius 2 is 2.08 bits per heavy atom. The van der Waals surface area contributed by atoms with Gasteiger partial charge in [-0.3, -0.25) is 4.79 Å². The van der Waals surface area contributed by atoms with E-state index in [1.807, 2.05) is 36.1 Å². The van der Waals surface area contributed by atoms with Crippen molar-refractivity contribution in [1.82, 2.24) is 15.0 Å². The van der Waals surface area contributed by atoms with Crippen LogP contribution in [0, 0.1) is 0 Å². The van der Waals surface area contributed by atoms with Crippen LogP contribution < -0.4 is 9.64 Å². The van der Waals surface area contributed by atoms with Gasteiger partial charge in [0.25, 0.3) is 0 Å². The summed E-state index contributed by atoms with van der Waals surface area (Å²) in [5, 5.41) is 4.06. The monoisotopic (exact) mass is 359 g/mol. The second kappa shape index (κ2) is 8.80. The summed E-state index contributed by atoms with van der Waals surface area (Å²) in [6.45, 7) is 6.28. The SMILES string of the molecule is CCOc1ccccc1-c1noc(CCCC(=O)N2CC[NH+](C)CC2)n1. The Morgan fingerprint density at radius 3 is 2.85 bits per heavy atom. The van der Waals surface area contributed by atoms with Crippen molar-refractivity contribution in [3.8, 4) is 17.1 Å². The van der Waals surface area contributed by atoms with Crippen LogP contribution in [0.2, 0.25) is 0 Å². The predicted molar refractivity (Wildman–Crippen MR) is 97.0 cm³/mol. The minimum atomic E-state index is 0.221. The predicted octanol–water partition coefficient (Wildman–Crippen LogP) is 0.815. The largest absolute Gasteiger partial charge is 0.493 e. The molecule has 0 bridgehead atoms. The first-order chi connectivity index (χ1) is 12.7. The van der Waals surface area contributed by atoms with Gasteiger partial charge in [0, 0.05) is 12.8 Å². The van der Waals surface area contributed by atoms with Gasteiger partial charge in [-0.25, -0.2) is 0 Å². The molecule has 2 heterocycles. The molecular formula is C19H27N4O3+. The van der Waals surface area contributed by atoms with E-state index in [4.69, 9.17) is 9.26 Å². The molecule has 1 saturated heterocycles. The Labute approximate surface area is 153 Å². The number of rotatable bonds is 7. The van der Waals surface area contributed by atoms with Crippen molar-refractivity contribution in [3.63, 3.8) is 0 Å². The quantitative estimate of drug-likeness (QED) is 0.792. The zero-order valence-electron chi connectivity index (χ0n) is 15.5. The van der Waals surface area contributed by atoms with E-state index in [1.54, 1.807) is 0 Å². The molecule has 1 fully saturated rings. The van der Waals surface area contributed by atoms with E-state index >= 15 is 0 Å². The normalized spacial score (nSPS) is 15.2. The highest BCUT2D eigenvalue weighted by atomic mass is 16.5. The summed E-state index contributed by atoms with van der Waals surface area (Å²) in [5.41, 5.74) is 0.820. The molecule has 7 heteroatoms. The van der Waals surface area contributed by atoms with E-state index in [9.17, 15) is 4.79 Å². The molecule has 1 aromatic heterocycles. The minimum Gasteiger partial charge on any atom is -0.493 e. The van der Waals surface area contributed by atoms with Crippen molar-refractivity contribution < 1.29 is 19.0 Å². The molecule has 140 valence electrons. The number of ether oxygens (including phenoxy) is 1. The molecule has 3 rings (SSSR count). The van der Waals surface area contributed by atoms with Crippen molar-refractivity contribution in [2.45, 2.75) is 26.2 Å². The third kappa shape index (κ3) is 4.60. The van der Waals surface area contributed by atoms with E-state index in [1.165, 1.54) is 4.90 Å². The average Bonchev–Trinajstić information content (AvgIpc) is 3.11. The molecule has 0 aliphatic carbocycles. The fraction of sp³-hybridized carbons (Fsp3) is 0.526. The zero-order valence-corrected chi connectivity index (χ0v) is 15.5. The first-order valence-electron chi connectivity index (χ1n) is 9.31. The molecule has 1 N–H and O–H groups in total. The van der Waals surface area contributed by atoms with Gasteiger partial charge in [0.2, 0.25) is 17.6 Å². The summed E-state index contributed by atoms with van der Waals surface area (Å²) in [7, 11) is 2.17. The Bertz CT molecular complexity index is 723. The number of nitrogens with zero attached hydrogens (tertiary/aromatic N) is 3. The maximum absolute atomic E-state index is 12.3. The number of carbonyl (C=O) groups is 1. The Kier molecular flexibility index (Phi) is 6.22. The number of aromatic nitrogens is 2. The van der Waals surface area contributed by atoms with Crippen molar-refractivity contribution in [1.29, 1.82) is 0 Å². The molecule has 1 aliphatic rings. The number of amides is 1. The molecule has 1 aromatic carbocycles. The number of quaternary nitrogens is 1.